The third kappa shape index (κ3) is 5.03. The molecular formula is C21H23N5O2. The summed E-state index contributed by atoms with van der Waals surface area (Å²) < 4.78 is 4.71. The molecule has 2 heterocycles. The molecular weight excluding hydrogens is 354 g/mol. The van der Waals surface area contributed by atoms with Gasteiger partial charge in [0, 0.05) is 43.4 Å². The molecule has 7 heteroatoms. The van der Waals surface area contributed by atoms with Crippen LogP contribution in [0.3, 0.4) is 0 Å². The van der Waals surface area contributed by atoms with Gasteiger partial charge in [-0.2, -0.15) is 4.98 Å². The molecule has 3 rings (SSSR count). The van der Waals surface area contributed by atoms with Crippen LogP contribution < -0.4 is 10.2 Å². The van der Waals surface area contributed by atoms with E-state index in [9.17, 15) is 4.79 Å². The minimum Gasteiger partial charge on any atom is -0.465 e. The molecule has 0 spiro atoms. The van der Waals surface area contributed by atoms with Crippen LogP contribution in [0.4, 0.5) is 17.5 Å². The highest BCUT2D eigenvalue weighted by Crippen LogP contribution is 2.19. The highest BCUT2D eigenvalue weighted by molar-refractivity contribution is 5.89. The van der Waals surface area contributed by atoms with Crippen molar-refractivity contribution in [2.24, 2.45) is 0 Å². The van der Waals surface area contributed by atoms with Crippen molar-refractivity contribution in [1.29, 1.82) is 0 Å². The minimum atomic E-state index is -0.364. The van der Waals surface area contributed by atoms with Crippen LogP contribution in [-0.2, 0) is 11.2 Å². The van der Waals surface area contributed by atoms with E-state index in [4.69, 9.17) is 4.74 Å². The van der Waals surface area contributed by atoms with E-state index in [1.807, 2.05) is 32.2 Å². The predicted molar refractivity (Wildman–Crippen MR) is 109 cm³/mol. The Labute approximate surface area is 164 Å². The number of pyridine rings is 1. The van der Waals surface area contributed by atoms with Crippen LogP contribution in [0.15, 0.2) is 54.9 Å². The van der Waals surface area contributed by atoms with Gasteiger partial charge in [-0.05, 0) is 55.3 Å². The average Bonchev–Trinajstić information content (AvgIpc) is 2.72. The lowest BCUT2D eigenvalue weighted by Crippen LogP contribution is -2.22. The summed E-state index contributed by atoms with van der Waals surface area (Å²) in [5.41, 5.74) is 3.39. The van der Waals surface area contributed by atoms with E-state index in [1.165, 1.54) is 12.7 Å². The first kappa shape index (κ1) is 19.3. The van der Waals surface area contributed by atoms with Crippen molar-refractivity contribution in [3.8, 4) is 0 Å². The van der Waals surface area contributed by atoms with Gasteiger partial charge in [-0.3, -0.25) is 4.98 Å². The van der Waals surface area contributed by atoms with Crippen molar-refractivity contribution in [1.82, 2.24) is 15.0 Å². The summed E-state index contributed by atoms with van der Waals surface area (Å²) in [4.78, 5) is 26.7. The Hall–Kier alpha value is -3.48. The standard InChI is InChI=1S/C21H23N5O2/c1-15-14-19(26(2)13-10-16-8-11-22-12-9-16)25-21(23-15)24-18-6-4-17(5-7-18)20(27)28-3/h4-9,11-12,14H,10,13H2,1-3H3,(H,23,24,25). The highest BCUT2D eigenvalue weighted by Gasteiger charge is 2.09. The van der Waals surface area contributed by atoms with Crippen LogP contribution in [0, 0.1) is 6.92 Å². The zero-order chi connectivity index (χ0) is 19.9. The molecule has 0 atom stereocenters. The predicted octanol–water partition coefficient (Wildman–Crippen LogP) is 3.39. The zero-order valence-electron chi connectivity index (χ0n) is 16.2. The number of aryl methyl sites for hydroxylation is 1. The first-order valence-corrected chi connectivity index (χ1v) is 8.96. The fourth-order valence-corrected chi connectivity index (χ4v) is 2.70. The van der Waals surface area contributed by atoms with Crippen LogP contribution in [-0.4, -0.2) is 41.6 Å². The molecule has 1 N–H and O–H groups in total. The number of aromatic nitrogens is 3. The molecule has 7 nitrogen and oxygen atoms in total. The van der Waals surface area contributed by atoms with Gasteiger partial charge in [0.1, 0.15) is 5.82 Å². The Bertz CT molecular complexity index is 929. The maximum Gasteiger partial charge on any atom is 0.337 e. The Morgan fingerprint density at radius 3 is 2.50 bits per heavy atom. The lowest BCUT2D eigenvalue weighted by Gasteiger charge is -2.19. The Morgan fingerprint density at radius 1 is 1.11 bits per heavy atom. The third-order valence-corrected chi connectivity index (χ3v) is 4.28. The number of benzene rings is 1. The number of esters is 1. The first-order valence-electron chi connectivity index (χ1n) is 8.96. The number of hydrogen-bond donors (Lipinski definition) is 1. The van der Waals surface area contributed by atoms with Crippen LogP contribution in [0.25, 0.3) is 0 Å². The first-order chi connectivity index (χ1) is 13.5. The van der Waals surface area contributed by atoms with Gasteiger partial charge in [-0.1, -0.05) is 0 Å². The van der Waals surface area contributed by atoms with E-state index < -0.39 is 0 Å². The molecule has 0 amide bonds. The number of carbonyl (C=O) groups excluding carboxylic acids is 1. The molecule has 144 valence electrons. The van der Waals surface area contributed by atoms with Crippen molar-refractivity contribution >= 4 is 23.4 Å². The summed E-state index contributed by atoms with van der Waals surface area (Å²) in [5, 5.41) is 3.19. The molecule has 0 fully saturated rings. The van der Waals surface area contributed by atoms with Gasteiger partial charge < -0.3 is 15.0 Å². The minimum absolute atomic E-state index is 0.364. The van der Waals surface area contributed by atoms with Gasteiger partial charge >= 0.3 is 5.97 Å². The van der Waals surface area contributed by atoms with Crippen LogP contribution in [0.5, 0.6) is 0 Å². The van der Waals surface area contributed by atoms with E-state index in [1.54, 1.807) is 36.7 Å². The third-order valence-electron chi connectivity index (χ3n) is 4.28. The molecule has 0 aliphatic rings. The fraction of sp³-hybridized carbons (Fsp3) is 0.238. The second-order valence-corrected chi connectivity index (χ2v) is 6.41. The van der Waals surface area contributed by atoms with E-state index in [-0.39, 0.29) is 5.97 Å². The van der Waals surface area contributed by atoms with Crippen LogP contribution >= 0.6 is 0 Å². The summed E-state index contributed by atoms with van der Waals surface area (Å²) in [6.07, 6.45) is 4.51. The molecule has 3 aromatic rings. The number of methoxy groups -OCH3 is 1. The number of carbonyl (C=O) groups is 1. The van der Waals surface area contributed by atoms with Crippen molar-refractivity contribution < 1.29 is 9.53 Å². The van der Waals surface area contributed by atoms with E-state index in [0.717, 1.165) is 30.2 Å². The molecule has 0 saturated heterocycles. The van der Waals surface area contributed by atoms with Crippen molar-refractivity contribution in [3.63, 3.8) is 0 Å². The Kier molecular flexibility index (Phi) is 6.16. The number of anilines is 3. The van der Waals surface area contributed by atoms with E-state index in [2.05, 4.69) is 25.2 Å². The maximum absolute atomic E-state index is 11.5. The molecule has 28 heavy (non-hydrogen) atoms. The fourth-order valence-electron chi connectivity index (χ4n) is 2.70. The molecule has 0 bridgehead atoms. The number of hydrogen-bond acceptors (Lipinski definition) is 7. The van der Waals surface area contributed by atoms with Gasteiger partial charge in [0.2, 0.25) is 5.95 Å². The molecule has 0 aliphatic carbocycles. The van der Waals surface area contributed by atoms with Gasteiger partial charge in [0.05, 0.1) is 12.7 Å². The monoisotopic (exact) mass is 377 g/mol. The molecule has 0 aliphatic heterocycles. The second kappa shape index (κ2) is 8.94. The summed E-state index contributed by atoms with van der Waals surface area (Å²) in [7, 11) is 3.37. The van der Waals surface area contributed by atoms with E-state index in [0.29, 0.717) is 11.5 Å². The van der Waals surface area contributed by atoms with Gasteiger partial charge in [-0.15, -0.1) is 0 Å². The lowest BCUT2D eigenvalue weighted by molar-refractivity contribution is 0.0601. The number of rotatable bonds is 7. The van der Waals surface area contributed by atoms with E-state index >= 15 is 0 Å². The summed E-state index contributed by atoms with van der Waals surface area (Å²) in [6.45, 7) is 2.77. The molecule has 0 radical (unpaired) electrons. The topological polar surface area (TPSA) is 80.2 Å². The number of ether oxygens (including phenoxy) is 1. The number of nitrogens with zero attached hydrogens (tertiary/aromatic N) is 4. The number of likely N-dealkylation sites (N-methyl/N-ethyl adjacent to an activating group) is 1. The maximum atomic E-state index is 11.5. The summed E-state index contributed by atoms with van der Waals surface area (Å²) in [6, 6.07) is 13.0. The Morgan fingerprint density at radius 2 is 1.82 bits per heavy atom. The van der Waals surface area contributed by atoms with Crippen LogP contribution in [0.1, 0.15) is 21.6 Å². The average molecular weight is 377 g/mol. The lowest BCUT2D eigenvalue weighted by atomic mass is 10.2. The normalized spacial score (nSPS) is 10.4. The summed E-state index contributed by atoms with van der Waals surface area (Å²) >= 11 is 0. The molecule has 0 unspecified atom stereocenters. The van der Waals surface area contributed by atoms with Gasteiger partial charge in [0.15, 0.2) is 0 Å². The second-order valence-electron chi connectivity index (χ2n) is 6.41. The van der Waals surface area contributed by atoms with Gasteiger partial charge in [0.25, 0.3) is 0 Å². The van der Waals surface area contributed by atoms with Gasteiger partial charge in [-0.25, -0.2) is 9.78 Å². The van der Waals surface area contributed by atoms with Crippen molar-refractivity contribution in [2.45, 2.75) is 13.3 Å². The quantitative estimate of drug-likeness (QED) is 0.632. The SMILES string of the molecule is COC(=O)c1ccc(Nc2nc(C)cc(N(C)CCc3ccncc3)n2)cc1. The molecule has 0 saturated carbocycles. The van der Waals surface area contributed by atoms with Crippen LogP contribution in [0.2, 0.25) is 0 Å². The highest BCUT2D eigenvalue weighted by atomic mass is 16.5. The summed E-state index contributed by atoms with van der Waals surface area (Å²) in [5.74, 6) is 0.989. The smallest absolute Gasteiger partial charge is 0.337 e. The Balaban J connectivity index is 1.69. The zero-order valence-corrected chi connectivity index (χ0v) is 16.2. The molecule has 1 aromatic carbocycles. The largest absolute Gasteiger partial charge is 0.465 e. The molecule has 2 aromatic heterocycles. The number of nitrogens with one attached hydrogen (secondary N) is 1. The van der Waals surface area contributed by atoms with Crippen molar-refractivity contribution in [2.75, 3.05) is 30.9 Å². The van der Waals surface area contributed by atoms with Crippen molar-refractivity contribution in [3.05, 3.63) is 71.7 Å².